The largest absolute Gasteiger partial charge is 0.369 e. The number of hydrogen-bond donors (Lipinski definition) is 2. The molecule has 0 radical (unpaired) electrons. The lowest BCUT2D eigenvalue weighted by molar-refractivity contribution is -0.116. The van der Waals surface area contributed by atoms with Crippen molar-refractivity contribution in [3.8, 4) is 0 Å². The summed E-state index contributed by atoms with van der Waals surface area (Å²) in [6.45, 7) is 0. The van der Waals surface area contributed by atoms with E-state index in [4.69, 9.17) is 0 Å². The van der Waals surface area contributed by atoms with Crippen molar-refractivity contribution in [2.24, 2.45) is 0 Å². The van der Waals surface area contributed by atoms with Crippen LogP contribution in [0.3, 0.4) is 0 Å². The van der Waals surface area contributed by atoms with Crippen molar-refractivity contribution in [1.29, 1.82) is 0 Å². The van der Waals surface area contributed by atoms with E-state index in [2.05, 4.69) is 26.6 Å². The van der Waals surface area contributed by atoms with Gasteiger partial charge in [-0.25, -0.2) is 0 Å². The Morgan fingerprint density at radius 3 is 2.80 bits per heavy atom. The third-order valence-electron chi connectivity index (χ3n) is 3.27. The first-order valence-electron chi connectivity index (χ1n) is 6.19. The second-order valence-corrected chi connectivity index (χ2v) is 6.17. The van der Waals surface area contributed by atoms with Gasteiger partial charge in [-0.2, -0.15) is 0 Å². The number of anilines is 2. The number of carbonyl (C=O) groups is 1. The van der Waals surface area contributed by atoms with Gasteiger partial charge in [0, 0.05) is 26.3 Å². The van der Waals surface area contributed by atoms with Gasteiger partial charge in [-0.05, 0) is 30.5 Å². The summed E-state index contributed by atoms with van der Waals surface area (Å²) in [6, 6.07) is 13.4. The van der Waals surface area contributed by atoms with Gasteiger partial charge in [0.1, 0.15) is 6.04 Å². The van der Waals surface area contributed by atoms with E-state index in [-0.39, 0.29) is 11.9 Å². The van der Waals surface area contributed by atoms with Gasteiger partial charge in [0.05, 0.1) is 0 Å². The number of halogens is 1. The fraction of sp³-hybridized carbons (Fsp3) is 0.133. The van der Waals surface area contributed by atoms with Crippen LogP contribution in [0.25, 0.3) is 0 Å². The number of rotatable bonds is 3. The van der Waals surface area contributed by atoms with Crippen molar-refractivity contribution >= 4 is 45.0 Å². The van der Waals surface area contributed by atoms with Crippen LogP contribution in [0.5, 0.6) is 0 Å². The van der Waals surface area contributed by atoms with E-state index in [9.17, 15) is 4.79 Å². The average molecular weight is 349 g/mol. The van der Waals surface area contributed by atoms with Crippen molar-refractivity contribution in [2.45, 2.75) is 10.9 Å². The molecule has 102 valence electrons. The Balaban J connectivity index is 1.98. The summed E-state index contributed by atoms with van der Waals surface area (Å²) >= 11 is 5.19. The number of para-hydroxylation sites is 1. The molecule has 0 saturated carbocycles. The van der Waals surface area contributed by atoms with Crippen LogP contribution in [0.4, 0.5) is 11.4 Å². The van der Waals surface area contributed by atoms with E-state index in [1.807, 2.05) is 48.7 Å². The molecule has 20 heavy (non-hydrogen) atoms. The smallest absolute Gasteiger partial charge is 0.251 e. The van der Waals surface area contributed by atoms with E-state index >= 15 is 0 Å². The van der Waals surface area contributed by atoms with Gasteiger partial charge < -0.3 is 10.6 Å². The molecule has 2 aromatic carbocycles. The molecule has 3 rings (SSSR count). The van der Waals surface area contributed by atoms with Crippen LogP contribution in [-0.4, -0.2) is 12.2 Å². The molecule has 3 nitrogen and oxygen atoms in total. The van der Waals surface area contributed by atoms with E-state index in [0.717, 1.165) is 26.3 Å². The molecule has 2 aromatic rings. The Morgan fingerprint density at radius 2 is 2.00 bits per heavy atom. The summed E-state index contributed by atoms with van der Waals surface area (Å²) in [7, 11) is 0. The van der Waals surface area contributed by atoms with E-state index < -0.39 is 0 Å². The topological polar surface area (TPSA) is 41.1 Å². The maximum Gasteiger partial charge on any atom is 0.251 e. The number of nitrogens with one attached hydrogen (secondary N) is 2. The zero-order valence-electron chi connectivity index (χ0n) is 10.8. The Kier molecular flexibility index (Phi) is 3.72. The van der Waals surface area contributed by atoms with Crippen LogP contribution in [-0.2, 0) is 4.79 Å². The van der Waals surface area contributed by atoms with Gasteiger partial charge in [-0.15, -0.1) is 11.8 Å². The van der Waals surface area contributed by atoms with Gasteiger partial charge in [-0.1, -0.05) is 34.1 Å². The zero-order valence-corrected chi connectivity index (χ0v) is 13.2. The normalized spacial score (nSPS) is 16.7. The Morgan fingerprint density at radius 1 is 1.20 bits per heavy atom. The van der Waals surface area contributed by atoms with Gasteiger partial charge >= 0.3 is 0 Å². The molecule has 1 atom stereocenters. The van der Waals surface area contributed by atoms with Crippen LogP contribution < -0.4 is 10.6 Å². The summed E-state index contributed by atoms with van der Waals surface area (Å²) in [5.74, 6) is -0.0252. The quantitative estimate of drug-likeness (QED) is 0.813. The number of benzene rings is 2. The average Bonchev–Trinajstić information content (AvgIpc) is 2.77. The molecule has 2 N–H and O–H groups in total. The lowest BCUT2D eigenvalue weighted by Gasteiger charge is -2.16. The summed E-state index contributed by atoms with van der Waals surface area (Å²) in [4.78, 5) is 13.3. The first kappa shape index (κ1) is 13.5. The monoisotopic (exact) mass is 348 g/mol. The number of amides is 1. The maximum atomic E-state index is 12.2. The molecule has 0 aromatic heterocycles. The van der Waals surface area contributed by atoms with E-state index in [0.29, 0.717) is 0 Å². The SMILES string of the molecule is CSc1ccccc1NC1C(=O)Nc2cccc(Br)c21. The predicted molar refractivity (Wildman–Crippen MR) is 87.4 cm³/mol. The third kappa shape index (κ3) is 2.31. The molecule has 5 heteroatoms. The molecule has 1 heterocycles. The fourth-order valence-corrected chi connectivity index (χ4v) is 3.49. The van der Waals surface area contributed by atoms with Crippen molar-refractivity contribution in [1.82, 2.24) is 0 Å². The molecule has 1 aliphatic rings. The highest BCUT2D eigenvalue weighted by atomic mass is 79.9. The molecular weight excluding hydrogens is 336 g/mol. The minimum atomic E-state index is -0.367. The Bertz CT molecular complexity index is 675. The minimum absolute atomic E-state index is 0.0252. The van der Waals surface area contributed by atoms with Crippen LogP contribution in [0.1, 0.15) is 11.6 Å². The van der Waals surface area contributed by atoms with Gasteiger partial charge in [0.25, 0.3) is 5.91 Å². The fourth-order valence-electron chi connectivity index (χ4n) is 2.33. The first-order chi connectivity index (χ1) is 9.70. The highest BCUT2D eigenvalue weighted by Crippen LogP contribution is 2.39. The molecule has 0 fully saturated rings. The van der Waals surface area contributed by atoms with E-state index in [1.165, 1.54) is 0 Å². The summed E-state index contributed by atoms with van der Waals surface area (Å²) < 4.78 is 0.937. The summed E-state index contributed by atoms with van der Waals surface area (Å²) in [5.41, 5.74) is 2.81. The van der Waals surface area contributed by atoms with Crippen LogP contribution in [0.2, 0.25) is 0 Å². The number of thioether (sulfide) groups is 1. The molecule has 0 saturated heterocycles. The Labute approximate surface area is 130 Å². The number of hydrogen-bond acceptors (Lipinski definition) is 3. The molecule has 0 aliphatic carbocycles. The Hall–Kier alpha value is -1.46. The van der Waals surface area contributed by atoms with Gasteiger partial charge in [0.15, 0.2) is 0 Å². The molecular formula is C15H13BrN2OS. The van der Waals surface area contributed by atoms with Crippen LogP contribution in [0.15, 0.2) is 51.8 Å². The van der Waals surface area contributed by atoms with Gasteiger partial charge in [-0.3, -0.25) is 4.79 Å². The lowest BCUT2D eigenvalue weighted by Crippen LogP contribution is -2.20. The van der Waals surface area contributed by atoms with Crippen LogP contribution in [0, 0.1) is 0 Å². The number of carbonyl (C=O) groups excluding carboxylic acids is 1. The van der Waals surface area contributed by atoms with Crippen molar-refractivity contribution < 1.29 is 4.79 Å². The summed E-state index contributed by atoms with van der Waals surface area (Å²) in [6.07, 6.45) is 2.03. The second kappa shape index (κ2) is 5.50. The van der Waals surface area contributed by atoms with Crippen LogP contribution >= 0.6 is 27.7 Å². The lowest BCUT2D eigenvalue weighted by atomic mass is 10.1. The van der Waals surface area contributed by atoms with Crippen molar-refractivity contribution in [2.75, 3.05) is 16.9 Å². The van der Waals surface area contributed by atoms with Crippen molar-refractivity contribution in [3.63, 3.8) is 0 Å². The zero-order chi connectivity index (χ0) is 14.1. The molecule has 0 spiro atoms. The maximum absolute atomic E-state index is 12.2. The van der Waals surface area contributed by atoms with Crippen molar-refractivity contribution in [3.05, 3.63) is 52.5 Å². The van der Waals surface area contributed by atoms with Gasteiger partial charge in [0.2, 0.25) is 0 Å². The minimum Gasteiger partial charge on any atom is -0.369 e. The molecule has 0 bridgehead atoms. The van der Waals surface area contributed by atoms with E-state index in [1.54, 1.807) is 11.8 Å². The second-order valence-electron chi connectivity index (χ2n) is 4.47. The molecule has 1 amide bonds. The number of fused-ring (bicyclic) bond motifs is 1. The summed E-state index contributed by atoms with van der Waals surface area (Å²) in [5, 5.41) is 6.25. The highest BCUT2D eigenvalue weighted by molar-refractivity contribution is 9.10. The first-order valence-corrected chi connectivity index (χ1v) is 8.21. The molecule has 1 aliphatic heterocycles. The molecule has 1 unspecified atom stereocenters. The standard InChI is InChI=1S/C15H13BrN2OS/c1-20-12-8-3-2-6-10(12)17-14-13-9(16)5-4-7-11(13)18-15(14)19/h2-8,14,17H,1H3,(H,18,19). The third-order valence-corrected chi connectivity index (χ3v) is 4.76. The predicted octanol–water partition coefficient (Wildman–Crippen LogP) is 4.28. The highest BCUT2D eigenvalue weighted by Gasteiger charge is 2.32.